The number of benzene rings is 1. The molecule has 1 aliphatic carbocycles. The molecule has 0 unspecified atom stereocenters. The van der Waals surface area contributed by atoms with Crippen LogP contribution in [0.5, 0.6) is 0 Å². The van der Waals surface area contributed by atoms with Crippen molar-refractivity contribution < 1.29 is 14.1 Å². The molecule has 3 amide bonds. The fraction of sp³-hybridized carbons (Fsp3) is 0.412. The van der Waals surface area contributed by atoms with Gasteiger partial charge < -0.3 is 20.5 Å². The standard InChI is InChI=1S/C17H21N5O3/c1-10-5-3-4-6-13(10)15-21-16(25-22-15)11(2)19-17(24)18-9-14(23)20-12-7-8-12/h3-6,11-12H,7-9H2,1-2H3,(H,20,23)(H2,18,19,24)/t11-/m0/s1. The Morgan fingerprint density at radius 3 is 2.80 bits per heavy atom. The van der Waals surface area contributed by atoms with E-state index >= 15 is 0 Å². The van der Waals surface area contributed by atoms with Crippen molar-refractivity contribution in [3.63, 3.8) is 0 Å². The topological polar surface area (TPSA) is 109 Å². The van der Waals surface area contributed by atoms with Crippen LogP contribution >= 0.6 is 0 Å². The third-order valence-electron chi connectivity index (χ3n) is 3.90. The van der Waals surface area contributed by atoms with Crippen molar-refractivity contribution in [3.8, 4) is 11.4 Å². The van der Waals surface area contributed by atoms with Crippen LogP contribution < -0.4 is 16.0 Å². The summed E-state index contributed by atoms with van der Waals surface area (Å²) in [5.41, 5.74) is 1.92. The molecule has 0 bridgehead atoms. The van der Waals surface area contributed by atoms with Gasteiger partial charge in [-0.2, -0.15) is 4.98 Å². The number of aromatic nitrogens is 2. The van der Waals surface area contributed by atoms with E-state index in [1.165, 1.54) is 0 Å². The van der Waals surface area contributed by atoms with Crippen LogP contribution in [0.1, 0.15) is 37.3 Å². The highest BCUT2D eigenvalue weighted by Crippen LogP contribution is 2.21. The van der Waals surface area contributed by atoms with Gasteiger partial charge in [-0.1, -0.05) is 29.4 Å². The number of amides is 3. The van der Waals surface area contributed by atoms with Gasteiger partial charge in [-0.15, -0.1) is 0 Å². The lowest BCUT2D eigenvalue weighted by molar-refractivity contribution is -0.120. The maximum Gasteiger partial charge on any atom is 0.315 e. The Morgan fingerprint density at radius 2 is 2.08 bits per heavy atom. The second-order valence-corrected chi connectivity index (χ2v) is 6.16. The summed E-state index contributed by atoms with van der Waals surface area (Å²) >= 11 is 0. The summed E-state index contributed by atoms with van der Waals surface area (Å²) < 4.78 is 5.24. The first-order chi connectivity index (χ1) is 12.0. The predicted octanol–water partition coefficient (Wildman–Crippen LogP) is 1.68. The molecule has 1 fully saturated rings. The van der Waals surface area contributed by atoms with Crippen LogP contribution in [-0.2, 0) is 4.79 Å². The van der Waals surface area contributed by atoms with E-state index < -0.39 is 12.1 Å². The molecular formula is C17H21N5O3. The minimum Gasteiger partial charge on any atom is -0.352 e. The molecule has 0 radical (unpaired) electrons. The molecule has 1 heterocycles. The van der Waals surface area contributed by atoms with Gasteiger partial charge >= 0.3 is 6.03 Å². The first-order valence-electron chi connectivity index (χ1n) is 8.26. The Morgan fingerprint density at radius 1 is 1.32 bits per heavy atom. The van der Waals surface area contributed by atoms with E-state index in [0.29, 0.717) is 11.7 Å². The Hall–Kier alpha value is -2.90. The largest absolute Gasteiger partial charge is 0.352 e. The molecular weight excluding hydrogens is 322 g/mol. The lowest BCUT2D eigenvalue weighted by atomic mass is 10.1. The molecule has 0 aliphatic heterocycles. The van der Waals surface area contributed by atoms with Crippen LogP contribution in [0, 0.1) is 6.92 Å². The fourth-order valence-corrected chi connectivity index (χ4v) is 2.32. The number of hydrogen-bond acceptors (Lipinski definition) is 5. The van der Waals surface area contributed by atoms with Crippen LogP contribution in [0.25, 0.3) is 11.4 Å². The summed E-state index contributed by atoms with van der Waals surface area (Å²) in [5, 5.41) is 12.0. The number of carbonyl (C=O) groups excluding carboxylic acids is 2. The van der Waals surface area contributed by atoms with Crippen molar-refractivity contribution in [2.45, 2.75) is 38.8 Å². The van der Waals surface area contributed by atoms with Gasteiger partial charge in [0.15, 0.2) is 0 Å². The molecule has 1 aromatic heterocycles. The summed E-state index contributed by atoms with van der Waals surface area (Å²) in [4.78, 5) is 27.8. The molecule has 1 atom stereocenters. The summed E-state index contributed by atoms with van der Waals surface area (Å²) in [6.45, 7) is 3.64. The SMILES string of the molecule is Cc1ccccc1-c1noc([C@H](C)NC(=O)NCC(=O)NC2CC2)n1. The minimum atomic E-state index is -0.475. The molecule has 0 spiro atoms. The highest BCUT2D eigenvalue weighted by Gasteiger charge is 2.23. The molecule has 1 saturated carbocycles. The number of aryl methyl sites for hydroxylation is 1. The number of hydrogen-bond donors (Lipinski definition) is 3. The van der Waals surface area contributed by atoms with Gasteiger partial charge in [0.05, 0.1) is 6.54 Å². The molecule has 1 aromatic carbocycles. The monoisotopic (exact) mass is 343 g/mol. The van der Waals surface area contributed by atoms with Crippen molar-refractivity contribution in [2.24, 2.45) is 0 Å². The third-order valence-corrected chi connectivity index (χ3v) is 3.90. The first-order valence-corrected chi connectivity index (χ1v) is 8.26. The highest BCUT2D eigenvalue weighted by molar-refractivity contribution is 5.84. The van der Waals surface area contributed by atoms with Crippen molar-refractivity contribution >= 4 is 11.9 Å². The molecule has 8 nitrogen and oxygen atoms in total. The lowest BCUT2D eigenvalue weighted by Crippen LogP contribution is -2.43. The van der Waals surface area contributed by atoms with Crippen LogP contribution in [0.15, 0.2) is 28.8 Å². The van der Waals surface area contributed by atoms with E-state index in [1.807, 2.05) is 31.2 Å². The summed E-state index contributed by atoms with van der Waals surface area (Å²) in [5.74, 6) is 0.590. The third kappa shape index (κ3) is 4.56. The normalized spacial score (nSPS) is 14.6. The minimum absolute atomic E-state index is 0.0622. The second kappa shape index (κ2) is 7.33. The van der Waals surface area contributed by atoms with E-state index in [1.54, 1.807) is 6.92 Å². The smallest absolute Gasteiger partial charge is 0.315 e. The molecule has 2 aromatic rings. The van der Waals surface area contributed by atoms with Crippen molar-refractivity contribution in [2.75, 3.05) is 6.54 Å². The van der Waals surface area contributed by atoms with Gasteiger partial charge in [0.2, 0.25) is 17.6 Å². The van der Waals surface area contributed by atoms with Crippen LogP contribution in [0.4, 0.5) is 4.79 Å². The molecule has 1 aliphatic rings. The van der Waals surface area contributed by atoms with E-state index in [9.17, 15) is 9.59 Å². The van der Waals surface area contributed by atoms with Crippen molar-refractivity contribution in [3.05, 3.63) is 35.7 Å². The maximum atomic E-state index is 11.9. The molecule has 0 saturated heterocycles. The zero-order chi connectivity index (χ0) is 17.8. The second-order valence-electron chi connectivity index (χ2n) is 6.16. The summed E-state index contributed by atoms with van der Waals surface area (Å²) in [6, 6.07) is 7.05. The van der Waals surface area contributed by atoms with E-state index in [2.05, 4.69) is 26.1 Å². The van der Waals surface area contributed by atoms with Crippen molar-refractivity contribution in [1.29, 1.82) is 0 Å². The van der Waals surface area contributed by atoms with E-state index in [-0.39, 0.29) is 18.5 Å². The van der Waals surface area contributed by atoms with Crippen molar-refractivity contribution in [1.82, 2.24) is 26.1 Å². The molecule has 25 heavy (non-hydrogen) atoms. The quantitative estimate of drug-likeness (QED) is 0.739. The highest BCUT2D eigenvalue weighted by atomic mass is 16.5. The van der Waals surface area contributed by atoms with Gasteiger partial charge in [-0.05, 0) is 32.3 Å². The van der Waals surface area contributed by atoms with Crippen LogP contribution in [0.2, 0.25) is 0 Å². The van der Waals surface area contributed by atoms with Crippen LogP contribution in [-0.4, -0.2) is 34.7 Å². The zero-order valence-corrected chi connectivity index (χ0v) is 14.2. The van der Waals surface area contributed by atoms with Gasteiger partial charge in [-0.25, -0.2) is 4.79 Å². The van der Waals surface area contributed by atoms with Gasteiger partial charge in [-0.3, -0.25) is 4.79 Å². The number of nitrogens with zero attached hydrogens (tertiary/aromatic N) is 2. The summed E-state index contributed by atoms with van der Waals surface area (Å²) in [7, 11) is 0. The van der Waals surface area contributed by atoms with Gasteiger partial charge in [0.25, 0.3) is 0 Å². The number of carbonyl (C=O) groups is 2. The van der Waals surface area contributed by atoms with Gasteiger partial charge in [0.1, 0.15) is 6.04 Å². The number of rotatable bonds is 6. The van der Waals surface area contributed by atoms with Gasteiger partial charge in [0, 0.05) is 11.6 Å². The Bertz CT molecular complexity index is 769. The Labute approximate surface area is 145 Å². The van der Waals surface area contributed by atoms with E-state index in [4.69, 9.17) is 4.52 Å². The average molecular weight is 343 g/mol. The van der Waals surface area contributed by atoms with E-state index in [0.717, 1.165) is 24.0 Å². The fourth-order valence-electron chi connectivity index (χ4n) is 2.32. The maximum absolute atomic E-state index is 11.9. The average Bonchev–Trinajstić information content (AvgIpc) is 3.25. The predicted molar refractivity (Wildman–Crippen MR) is 90.6 cm³/mol. The Kier molecular flexibility index (Phi) is 4.97. The summed E-state index contributed by atoms with van der Waals surface area (Å²) in [6.07, 6.45) is 2.02. The molecule has 3 rings (SSSR count). The lowest BCUT2D eigenvalue weighted by Gasteiger charge is -2.11. The molecule has 132 valence electrons. The number of urea groups is 1. The molecule has 3 N–H and O–H groups in total. The first kappa shape index (κ1) is 16.9. The Balaban J connectivity index is 1.52. The van der Waals surface area contributed by atoms with Crippen LogP contribution in [0.3, 0.4) is 0 Å². The zero-order valence-electron chi connectivity index (χ0n) is 14.2. The molecule has 8 heteroatoms. The number of nitrogens with one attached hydrogen (secondary N) is 3.